The highest BCUT2D eigenvalue weighted by molar-refractivity contribution is 5.90. The lowest BCUT2D eigenvalue weighted by Gasteiger charge is -2.37. The van der Waals surface area contributed by atoms with E-state index in [-0.39, 0.29) is 23.2 Å². The number of aliphatic hydroxyl groups excluding tert-OH is 1. The van der Waals surface area contributed by atoms with Gasteiger partial charge in [-0.15, -0.1) is 0 Å². The summed E-state index contributed by atoms with van der Waals surface area (Å²) in [5.41, 5.74) is 2.92. The lowest BCUT2D eigenvalue weighted by molar-refractivity contribution is -0.0406. The van der Waals surface area contributed by atoms with Gasteiger partial charge in [0.25, 0.3) is 0 Å². The molecule has 1 aliphatic heterocycles. The van der Waals surface area contributed by atoms with Gasteiger partial charge >= 0.3 is 0 Å². The monoisotopic (exact) mass is 366 g/mol. The molecule has 1 aliphatic rings. The fraction of sp³-hybridized carbons (Fsp3) is 0.318. The summed E-state index contributed by atoms with van der Waals surface area (Å²) in [5, 5.41) is 20.9. The smallest absolute Gasteiger partial charge is 0.204 e. The number of fused-ring (bicyclic) bond motifs is 3. The van der Waals surface area contributed by atoms with Crippen molar-refractivity contribution in [1.82, 2.24) is 0 Å². The Balaban J connectivity index is 2.04. The molecule has 5 heteroatoms. The Morgan fingerprint density at radius 2 is 1.78 bits per heavy atom. The number of phenolic OH excluding ortho intramolecular Hbond substituents is 1. The summed E-state index contributed by atoms with van der Waals surface area (Å²) >= 11 is 0. The Morgan fingerprint density at radius 3 is 2.44 bits per heavy atom. The summed E-state index contributed by atoms with van der Waals surface area (Å²) in [6.07, 6.45) is 0.841. The Kier molecular flexibility index (Phi) is 3.82. The zero-order chi connectivity index (χ0) is 19.5. The number of hydrogen-bond donors (Lipinski definition) is 2. The van der Waals surface area contributed by atoms with Gasteiger partial charge in [-0.2, -0.15) is 0 Å². The molecule has 1 aromatic heterocycles. The van der Waals surface area contributed by atoms with Gasteiger partial charge in [-0.05, 0) is 33.3 Å². The minimum absolute atomic E-state index is 0.0469. The minimum Gasteiger partial charge on any atom is -0.507 e. The van der Waals surface area contributed by atoms with Crippen LogP contribution >= 0.6 is 0 Å². The maximum atomic E-state index is 13.3. The quantitative estimate of drug-likeness (QED) is 0.684. The molecular formula is C22H22O5. The van der Waals surface area contributed by atoms with Crippen molar-refractivity contribution in [2.75, 3.05) is 0 Å². The van der Waals surface area contributed by atoms with Gasteiger partial charge in [0.15, 0.2) is 0 Å². The van der Waals surface area contributed by atoms with Crippen LogP contribution in [0.3, 0.4) is 0 Å². The van der Waals surface area contributed by atoms with E-state index in [0.717, 1.165) is 16.7 Å². The van der Waals surface area contributed by atoms with Gasteiger partial charge in [0.05, 0.1) is 11.7 Å². The van der Waals surface area contributed by atoms with Crippen LogP contribution in [0.5, 0.6) is 11.5 Å². The maximum Gasteiger partial charge on any atom is 0.204 e. The third kappa shape index (κ3) is 2.79. The van der Waals surface area contributed by atoms with E-state index in [1.807, 2.05) is 32.0 Å². The van der Waals surface area contributed by atoms with Crippen LogP contribution in [0.25, 0.3) is 22.1 Å². The summed E-state index contributed by atoms with van der Waals surface area (Å²) in [6.45, 7) is 7.47. The Bertz CT molecular complexity index is 1100. The molecule has 2 aromatic carbocycles. The van der Waals surface area contributed by atoms with E-state index < -0.39 is 11.7 Å². The summed E-state index contributed by atoms with van der Waals surface area (Å²) in [7, 11) is 0. The number of aliphatic hydroxyl groups is 1. The average Bonchev–Trinajstić information content (AvgIpc) is 2.55. The molecule has 0 spiro atoms. The SMILES string of the molecule is Cc1cc(C)cc(-c2coc3cc(O)c4c(c3c2=O)OC(C)(C)C(O)C4)c1. The standard InChI is InChI=1S/C22H22O5/c1-11-5-12(2)7-13(6-11)15-10-26-17-9-16(23)14-8-18(24)22(3,4)27-21(14)19(17)20(15)25/h5-7,9-10,18,23-24H,8H2,1-4H3. The molecular weight excluding hydrogens is 344 g/mol. The number of hydrogen-bond acceptors (Lipinski definition) is 5. The predicted octanol–water partition coefficient (Wildman–Crippen LogP) is 3.86. The number of aromatic hydroxyl groups is 1. The largest absolute Gasteiger partial charge is 0.507 e. The van der Waals surface area contributed by atoms with E-state index in [1.165, 1.54) is 12.3 Å². The first-order valence-electron chi connectivity index (χ1n) is 8.93. The van der Waals surface area contributed by atoms with E-state index in [1.54, 1.807) is 13.8 Å². The molecule has 140 valence electrons. The Labute approximate surface area is 156 Å². The molecule has 27 heavy (non-hydrogen) atoms. The van der Waals surface area contributed by atoms with Gasteiger partial charge in [0, 0.05) is 18.1 Å². The Hall–Kier alpha value is -2.79. The van der Waals surface area contributed by atoms with E-state index in [9.17, 15) is 15.0 Å². The minimum atomic E-state index is -0.879. The molecule has 0 radical (unpaired) electrons. The van der Waals surface area contributed by atoms with Crippen LogP contribution in [0.2, 0.25) is 0 Å². The van der Waals surface area contributed by atoms with Crippen LogP contribution in [0.4, 0.5) is 0 Å². The molecule has 2 N–H and O–H groups in total. The molecule has 0 bridgehead atoms. The van der Waals surface area contributed by atoms with E-state index in [4.69, 9.17) is 9.15 Å². The molecule has 0 fully saturated rings. The molecule has 0 saturated heterocycles. The summed E-state index contributed by atoms with van der Waals surface area (Å²) in [6, 6.07) is 7.33. The fourth-order valence-corrected chi connectivity index (χ4v) is 3.69. The van der Waals surface area contributed by atoms with E-state index >= 15 is 0 Å². The van der Waals surface area contributed by atoms with Crippen LogP contribution < -0.4 is 10.2 Å². The fourth-order valence-electron chi connectivity index (χ4n) is 3.69. The molecule has 0 aliphatic carbocycles. The molecule has 2 heterocycles. The van der Waals surface area contributed by atoms with Crippen molar-refractivity contribution in [2.45, 2.75) is 45.8 Å². The number of phenols is 1. The second-order valence-corrected chi connectivity index (χ2v) is 7.86. The van der Waals surface area contributed by atoms with Crippen LogP contribution in [-0.4, -0.2) is 21.9 Å². The highest BCUT2D eigenvalue weighted by atomic mass is 16.5. The molecule has 5 nitrogen and oxygen atoms in total. The zero-order valence-corrected chi connectivity index (χ0v) is 15.8. The number of benzene rings is 2. The predicted molar refractivity (Wildman–Crippen MR) is 103 cm³/mol. The van der Waals surface area contributed by atoms with Gasteiger partial charge < -0.3 is 19.4 Å². The number of rotatable bonds is 1. The summed E-state index contributed by atoms with van der Waals surface area (Å²) < 4.78 is 11.7. The highest BCUT2D eigenvalue weighted by Gasteiger charge is 2.38. The van der Waals surface area contributed by atoms with Crippen LogP contribution in [0.1, 0.15) is 30.5 Å². The van der Waals surface area contributed by atoms with E-state index in [2.05, 4.69) is 0 Å². The number of ether oxygens (including phenoxy) is 1. The van der Waals surface area contributed by atoms with Gasteiger partial charge in [-0.25, -0.2) is 0 Å². The first-order chi connectivity index (χ1) is 12.7. The third-order valence-corrected chi connectivity index (χ3v) is 5.20. The van der Waals surface area contributed by atoms with Crippen molar-refractivity contribution >= 4 is 11.0 Å². The zero-order valence-electron chi connectivity index (χ0n) is 15.8. The van der Waals surface area contributed by atoms with Gasteiger partial charge in [-0.1, -0.05) is 29.3 Å². The summed E-state index contributed by atoms with van der Waals surface area (Å²) in [5.74, 6) is 0.245. The highest BCUT2D eigenvalue weighted by Crippen LogP contribution is 2.43. The lowest BCUT2D eigenvalue weighted by atomic mass is 9.89. The maximum absolute atomic E-state index is 13.3. The molecule has 1 atom stereocenters. The second kappa shape index (κ2) is 5.86. The second-order valence-electron chi connectivity index (χ2n) is 7.86. The summed E-state index contributed by atoms with van der Waals surface area (Å²) in [4.78, 5) is 13.3. The Morgan fingerprint density at radius 1 is 1.11 bits per heavy atom. The molecule has 0 amide bonds. The van der Waals surface area contributed by atoms with Crippen molar-refractivity contribution in [2.24, 2.45) is 0 Å². The molecule has 1 unspecified atom stereocenters. The molecule has 0 saturated carbocycles. The van der Waals surface area contributed by atoms with Crippen molar-refractivity contribution in [3.63, 3.8) is 0 Å². The third-order valence-electron chi connectivity index (χ3n) is 5.20. The normalized spacial score (nSPS) is 18.2. The average molecular weight is 366 g/mol. The van der Waals surface area contributed by atoms with Gasteiger partial charge in [0.2, 0.25) is 5.43 Å². The van der Waals surface area contributed by atoms with Crippen LogP contribution in [0.15, 0.2) is 39.7 Å². The van der Waals surface area contributed by atoms with Crippen molar-refractivity contribution in [3.05, 3.63) is 57.4 Å². The van der Waals surface area contributed by atoms with Gasteiger partial charge in [-0.3, -0.25) is 4.79 Å². The first kappa shape index (κ1) is 17.6. The lowest BCUT2D eigenvalue weighted by Crippen LogP contribution is -2.46. The molecule has 4 rings (SSSR count). The van der Waals surface area contributed by atoms with Crippen LogP contribution in [-0.2, 0) is 6.42 Å². The van der Waals surface area contributed by atoms with E-state index in [0.29, 0.717) is 22.3 Å². The first-order valence-corrected chi connectivity index (χ1v) is 8.93. The van der Waals surface area contributed by atoms with Crippen molar-refractivity contribution in [3.8, 4) is 22.6 Å². The van der Waals surface area contributed by atoms with Crippen molar-refractivity contribution in [1.29, 1.82) is 0 Å². The van der Waals surface area contributed by atoms with Crippen LogP contribution in [0, 0.1) is 13.8 Å². The van der Waals surface area contributed by atoms with Gasteiger partial charge in [0.1, 0.15) is 34.3 Å². The van der Waals surface area contributed by atoms with Crippen molar-refractivity contribution < 1.29 is 19.4 Å². The number of aryl methyl sites for hydroxylation is 2. The molecule has 3 aromatic rings. The topological polar surface area (TPSA) is 79.9 Å².